The van der Waals surface area contributed by atoms with Crippen LogP contribution in [0, 0.1) is 15.9 Å². The normalized spacial score (nSPS) is 10.4. The number of rotatable bonds is 5. The number of nitro groups is 1. The van der Waals surface area contributed by atoms with E-state index in [-0.39, 0.29) is 11.6 Å². The largest absolute Gasteiger partial charge is 0.438 e. The van der Waals surface area contributed by atoms with E-state index in [2.05, 4.69) is 9.97 Å². The maximum atomic E-state index is 13.6. The molecule has 0 amide bonds. The number of halogens is 1. The standard InChI is InChI=1S/C13H13FN4O3/c1-2-3-9-12(15)16-7-17-13(9)21-8-4-5-11(18(19)20)10(14)6-8/h4-7H,2-3H2,1H3,(H2,15,16,17). The zero-order valence-corrected chi connectivity index (χ0v) is 11.2. The van der Waals surface area contributed by atoms with Crippen molar-refractivity contribution in [2.45, 2.75) is 19.8 Å². The fourth-order valence-electron chi connectivity index (χ4n) is 1.79. The Kier molecular flexibility index (Phi) is 4.27. The van der Waals surface area contributed by atoms with Crippen LogP contribution in [0.2, 0.25) is 0 Å². The van der Waals surface area contributed by atoms with Crippen LogP contribution in [-0.4, -0.2) is 14.9 Å². The molecule has 8 heteroatoms. The van der Waals surface area contributed by atoms with Crippen LogP contribution in [0.4, 0.5) is 15.9 Å². The number of ether oxygens (including phenoxy) is 1. The van der Waals surface area contributed by atoms with Gasteiger partial charge in [0.2, 0.25) is 11.7 Å². The summed E-state index contributed by atoms with van der Waals surface area (Å²) in [4.78, 5) is 17.6. The van der Waals surface area contributed by atoms with E-state index in [9.17, 15) is 14.5 Å². The lowest BCUT2D eigenvalue weighted by molar-refractivity contribution is -0.387. The second-order valence-electron chi connectivity index (χ2n) is 4.27. The summed E-state index contributed by atoms with van der Waals surface area (Å²) in [7, 11) is 0. The average Bonchev–Trinajstić information content (AvgIpc) is 2.42. The molecule has 0 saturated carbocycles. The third-order valence-corrected chi connectivity index (χ3v) is 2.77. The predicted octanol–water partition coefficient (Wildman–Crippen LogP) is 2.85. The maximum absolute atomic E-state index is 13.6. The van der Waals surface area contributed by atoms with Gasteiger partial charge in [-0.25, -0.2) is 9.97 Å². The second-order valence-corrected chi connectivity index (χ2v) is 4.27. The van der Waals surface area contributed by atoms with Crippen molar-refractivity contribution in [1.82, 2.24) is 9.97 Å². The first-order valence-corrected chi connectivity index (χ1v) is 6.24. The molecule has 0 aliphatic carbocycles. The monoisotopic (exact) mass is 292 g/mol. The molecule has 2 aromatic rings. The molecule has 2 rings (SSSR count). The molecule has 2 N–H and O–H groups in total. The van der Waals surface area contributed by atoms with E-state index in [0.29, 0.717) is 17.8 Å². The van der Waals surface area contributed by atoms with Crippen molar-refractivity contribution in [3.63, 3.8) is 0 Å². The van der Waals surface area contributed by atoms with Crippen molar-refractivity contribution < 1.29 is 14.1 Å². The first-order valence-electron chi connectivity index (χ1n) is 6.24. The smallest absolute Gasteiger partial charge is 0.305 e. The van der Waals surface area contributed by atoms with Gasteiger partial charge in [0.25, 0.3) is 0 Å². The van der Waals surface area contributed by atoms with Crippen molar-refractivity contribution in [2.75, 3.05) is 5.73 Å². The number of nitrogens with two attached hydrogens (primary N) is 1. The number of nitro benzene ring substituents is 1. The Hall–Kier alpha value is -2.77. The van der Waals surface area contributed by atoms with Crippen molar-refractivity contribution in [3.8, 4) is 11.6 Å². The lowest BCUT2D eigenvalue weighted by Gasteiger charge is -2.10. The fraction of sp³-hybridized carbons (Fsp3) is 0.231. The summed E-state index contributed by atoms with van der Waals surface area (Å²) in [6, 6.07) is 3.27. The molecule has 1 aromatic carbocycles. The molecule has 21 heavy (non-hydrogen) atoms. The van der Waals surface area contributed by atoms with Crippen LogP contribution in [0.1, 0.15) is 18.9 Å². The van der Waals surface area contributed by atoms with E-state index >= 15 is 0 Å². The summed E-state index contributed by atoms with van der Waals surface area (Å²) in [6.07, 6.45) is 2.66. The Morgan fingerprint density at radius 1 is 1.43 bits per heavy atom. The van der Waals surface area contributed by atoms with E-state index in [1.807, 2.05) is 6.92 Å². The summed E-state index contributed by atoms with van der Waals surface area (Å²) in [6.45, 7) is 1.96. The number of hydrogen-bond donors (Lipinski definition) is 1. The molecule has 110 valence electrons. The van der Waals surface area contributed by atoms with E-state index < -0.39 is 16.4 Å². The van der Waals surface area contributed by atoms with Gasteiger partial charge in [0.15, 0.2) is 0 Å². The zero-order chi connectivity index (χ0) is 15.4. The first-order chi connectivity index (χ1) is 10.0. The first kappa shape index (κ1) is 14.6. The Bertz CT molecular complexity index is 678. The molecular weight excluding hydrogens is 279 g/mol. The van der Waals surface area contributed by atoms with Gasteiger partial charge in [-0.05, 0) is 12.5 Å². The second kappa shape index (κ2) is 6.12. The summed E-state index contributed by atoms with van der Waals surface area (Å²) >= 11 is 0. The number of anilines is 1. The summed E-state index contributed by atoms with van der Waals surface area (Å²) in [5.74, 6) is -0.355. The van der Waals surface area contributed by atoms with Gasteiger partial charge in [0.05, 0.1) is 10.5 Å². The van der Waals surface area contributed by atoms with Crippen LogP contribution in [0.25, 0.3) is 0 Å². The highest BCUT2D eigenvalue weighted by molar-refractivity contribution is 5.47. The van der Waals surface area contributed by atoms with Crippen LogP contribution < -0.4 is 10.5 Å². The Labute approximate surface area is 119 Å². The lowest BCUT2D eigenvalue weighted by atomic mass is 10.2. The average molecular weight is 292 g/mol. The van der Waals surface area contributed by atoms with Gasteiger partial charge in [-0.1, -0.05) is 13.3 Å². The van der Waals surface area contributed by atoms with Crippen molar-refractivity contribution in [2.24, 2.45) is 0 Å². The van der Waals surface area contributed by atoms with E-state index in [1.165, 1.54) is 12.4 Å². The van der Waals surface area contributed by atoms with Crippen LogP contribution in [-0.2, 0) is 6.42 Å². The van der Waals surface area contributed by atoms with Gasteiger partial charge < -0.3 is 10.5 Å². The van der Waals surface area contributed by atoms with E-state index in [4.69, 9.17) is 10.5 Å². The minimum Gasteiger partial charge on any atom is -0.438 e. The SMILES string of the molecule is CCCc1c(N)ncnc1Oc1ccc([N+](=O)[O-])c(F)c1. The Morgan fingerprint density at radius 3 is 2.81 bits per heavy atom. The predicted molar refractivity (Wildman–Crippen MR) is 73.6 cm³/mol. The van der Waals surface area contributed by atoms with Gasteiger partial charge in [0, 0.05) is 12.1 Å². The van der Waals surface area contributed by atoms with Gasteiger partial charge in [-0.15, -0.1) is 0 Å². The molecular formula is C13H13FN4O3. The van der Waals surface area contributed by atoms with Gasteiger partial charge in [-0.2, -0.15) is 4.39 Å². The third kappa shape index (κ3) is 3.22. The topological polar surface area (TPSA) is 104 Å². The van der Waals surface area contributed by atoms with Gasteiger partial charge >= 0.3 is 5.69 Å². The highest BCUT2D eigenvalue weighted by Gasteiger charge is 2.16. The summed E-state index contributed by atoms with van der Waals surface area (Å²) in [5, 5.41) is 10.6. The number of benzene rings is 1. The molecule has 0 radical (unpaired) electrons. The summed E-state index contributed by atoms with van der Waals surface area (Å²) < 4.78 is 19.0. The maximum Gasteiger partial charge on any atom is 0.305 e. The number of nitrogen functional groups attached to an aromatic ring is 1. The quantitative estimate of drug-likeness (QED) is 0.671. The summed E-state index contributed by atoms with van der Waals surface area (Å²) in [5.41, 5.74) is 5.77. The number of nitrogens with zero attached hydrogens (tertiary/aromatic N) is 3. The molecule has 0 aliphatic rings. The minimum atomic E-state index is -0.975. The minimum absolute atomic E-state index is 0.105. The van der Waals surface area contributed by atoms with Crippen LogP contribution in [0.5, 0.6) is 11.6 Å². The molecule has 0 bridgehead atoms. The van der Waals surface area contributed by atoms with E-state index in [0.717, 1.165) is 18.6 Å². The van der Waals surface area contributed by atoms with Crippen LogP contribution in [0.3, 0.4) is 0 Å². The molecule has 1 heterocycles. The van der Waals surface area contributed by atoms with Crippen molar-refractivity contribution in [3.05, 3.63) is 46.0 Å². The molecule has 0 atom stereocenters. The van der Waals surface area contributed by atoms with Crippen LogP contribution in [0.15, 0.2) is 24.5 Å². The molecule has 0 aliphatic heterocycles. The highest BCUT2D eigenvalue weighted by Crippen LogP contribution is 2.29. The van der Waals surface area contributed by atoms with Crippen LogP contribution >= 0.6 is 0 Å². The van der Waals surface area contributed by atoms with E-state index in [1.54, 1.807) is 0 Å². The van der Waals surface area contributed by atoms with Crippen molar-refractivity contribution >= 4 is 11.5 Å². The third-order valence-electron chi connectivity index (χ3n) is 2.77. The highest BCUT2D eigenvalue weighted by atomic mass is 19.1. The zero-order valence-electron chi connectivity index (χ0n) is 11.2. The van der Waals surface area contributed by atoms with Gasteiger partial charge in [0.1, 0.15) is 17.9 Å². The molecule has 7 nitrogen and oxygen atoms in total. The molecule has 0 saturated heterocycles. The Morgan fingerprint density at radius 2 is 2.19 bits per heavy atom. The molecule has 0 spiro atoms. The number of hydrogen-bond acceptors (Lipinski definition) is 6. The van der Waals surface area contributed by atoms with Gasteiger partial charge in [-0.3, -0.25) is 10.1 Å². The number of aromatic nitrogens is 2. The molecule has 0 fully saturated rings. The fourth-order valence-corrected chi connectivity index (χ4v) is 1.79. The Balaban J connectivity index is 2.32. The lowest BCUT2D eigenvalue weighted by Crippen LogP contribution is -2.03. The molecule has 0 unspecified atom stereocenters. The van der Waals surface area contributed by atoms with Crippen molar-refractivity contribution in [1.29, 1.82) is 0 Å². The molecule has 1 aromatic heterocycles.